The van der Waals surface area contributed by atoms with Crippen LogP contribution in [0.5, 0.6) is 5.75 Å². The zero-order valence-electron chi connectivity index (χ0n) is 29.4. The van der Waals surface area contributed by atoms with Crippen molar-refractivity contribution in [3.05, 3.63) is 118 Å². The van der Waals surface area contributed by atoms with Crippen LogP contribution in [0.4, 0.5) is 8.78 Å². The molecule has 0 aliphatic heterocycles. The lowest BCUT2D eigenvalue weighted by atomic mass is 9.81. The van der Waals surface area contributed by atoms with Crippen molar-refractivity contribution < 1.29 is 48.8 Å². The fraction of sp³-hybridized carbons (Fsp3) is 0.306. The number of sulfonamides is 1. The van der Waals surface area contributed by atoms with E-state index in [9.17, 15) is 22.7 Å². The third kappa shape index (κ3) is 9.18. The van der Waals surface area contributed by atoms with E-state index >= 15 is 4.39 Å². The van der Waals surface area contributed by atoms with Gasteiger partial charge in [0.1, 0.15) is 35.8 Å². The minimum Gasteiger partial charge on any atom is -1.00 e. The quantitative estimate of drug-likeness (QED) is 0.124. The lowest BCUT2D eigenvalue weighted by Crippen LogP contribution is -3.00. The van der Waals surface area contributed by atoms with Gasteiger partial charge in [0.2, 0.25) is 16.4 Å². The van der Waals surface area contributed by atoms with E-state index in [0.717, 1.165) is 39.5 Å². The number of hydrogen-bond donors (Lipinski definition) is 1. The maximum absolute atomic E-state index is 15.8. The molecule has 0 amide bonds. The van der Waals surface area contributed by atoms with Crippen molar-refractivity contribution in [1.29, 1.82) is 0 Å². The van der Waals surface area contributed by atoms with E-state index in [2.05, 4.69) is 4.98 Å². The Kier molecular flexibility index (Phi) is 13.7. The van der Waals surface area contributed by atoms with E-state index in [4.69, 9.17) is 27.9 Å². The second-order valence-corrected chi connectivity index (χ2v) is 16.3. The minimum absolute atomic E-state index is 0. The number of carboxylic acids is 1. The molecule has 10 nitrogen and oxygen atoms in total. The number of benzene rings is 3. The summed E-state index contributed by atoms with van der Waals surface area (Å²) in [7, 11) is -1.10. The molecule has 284 valence electrons. The predicted octanol–water partition coefficient (Wildman–Crippen LogP) is 4.27. The number of hydrogen-bond acceptors (Lipinski definition) is 6. The summed E-state index contributed by atoms with van der Waals surface area (Å²) < 4.78 is 69.2. The summed E-state index contributed by atoms with van der Waals surface area (Å²) >= 11 is 14.0. The second kappa shape index (κ2) is 17.2. The SMILES string of the molecule is COc1cc(C(C)(C)c2cnc(SCc3c(F)cc(S(=O)(=O)N(CCC[n+]4ccn(C)c4)[C@H](C)C(=O)O)cc3Cl)n2-c2ccc(F)cc2)ccc1Cl.[Cl-]. The van der Waals surface area contributed by atoms with Crippen molar-refractivity contribution in [2.24, 2.45) is 7.05 Å². The lowest BCUT2D eigenvalue weighted by Gasteiger charge is -2.28. The van der Waals surface area contributed by atoms with E-state index in [1.807, 2.05) is 65.5 Å². The molecule has 3 aromatic carbocycles. The van der Waals surface area contributed by atoms with Crippen LogP contribution in [0.15, 0.2) is 89.6 Å². The van der Waals surface area contributed by atoms with Gasteiger partial charge in [-0.05, 0) is 67.4 Å². The average molecular weight is 829 g/mol. The number of aromatic nitrogens is 4. The summed E-state index contributed by atoms with van der Waals surface area (Å²) in [4.78, 5) is 16.1. The van der Waals surface area contributed by atoms with Crippen LogP contribution in [0.3, 0.4) is 0 Å². The predicted molar refractivity (Wildman–Crippen MR) is 196 cm³/mol. The Hall–Kier alpha value is -3.66. The molecule has 1 N–H and O–H groups in total. The summed E-state index contributed by atoms with van der Waals surface area (Å²) in [5.41, 5.74) is 1.56. The molecule has 5 rings (SSSR count). The number of aryl methyl sites for hydroxylation is 2. The molecule has 0 aliphatic rings. The van der Waals surface area contributed by atoms with Gasteiger partial charge in [0.15, 0.2) is 5.16 Å². The lowest BCUT2D eigenvalue weighted by molar-refractivity contribution is -0.696. The van der Waals surface area contributed by atoms with Gasteiger partial charge in [0, 0.05) is 34.0 Å². The number of aliphatic carboxylic acids is 1. The number of carboxylic acid groups (broad SMARTS) is 1. The summed E-state index contributed by atoms with van der Waals surface area (Å²) in [5, 5.41) is 10.5. The number of rotatable bonds is 15. The molecule has 0 saturated carbocycles. The van der Waals surface area contributed by atoms with Gasteiger partial charge >= 0.3 is 5.97 Å². The maximum atomic E-state index is 15.8. The van der Waals surface area contributed by atoms with Crippen LogP contribution in [-0.2, 0) is 39.6 Å². The highest BCUT2D eigenvalue weighted by atomic mass is 35.5. The fourth-order valence-corrected chi connectivity index (χ4v) is 9.05. The normalized spacial score (nSPS) is 12.5. The van der Waals surface area contributed by atoms with E-state index < -0.39 is 44.0 Å². The van der Waals surface area contributed by atoms with Gasteiger partial charge in [-0.3, -0.25) is 9.36 Å². The van der Waals surface area contributed by atoms with Gasteiger partial charge < -0.3 is 22.3 Å². The molecule has 0 bridgehead atoms. The van der Waals surface area contributed by atoms with Crippen molar-refractivity contribution in [2.45, 2.75) is 61.0 Å². The zero-order chi connectivity index (χ0) is 38.0. The standard InChI is InChI=1S/C36H37Cl2F2N5O5S2.ClH/c1-23(34(46)47)44(14-6-13-43-16-15-42(4)22-43)52(48,49)27-18-30(38)28(31(40)19-27)21-51-35-41-20-33(45(35)26-10-8-25(39)9-11-26)36(2,3)24-7-12-29(37)32(17-24)50-5;/h7-12,15-20,22-23H,6,13-14,21H2,1-5H3;1H/t23-;/m1./s1. The first kappa shape index (κ1) is 42.1. The molecular formula is C36H38Cl3F2N5O5S2. The Bertz CT molecular complexity index is 2170. The second-order valence-electron chi connectivity index (χ2n) is 12.7. The van der Waals surface area contributed by atoms with E-state index in [0.29, 0.717) is 34.6 Å². The van der Waals surface area contributed by atoms with Crippen LogP contribution in [-0.4, -0.2) is 57.6 Å². The molecule has 1 atom stereocenters. The molecule has 0 spiro atoms. The molecular weight excluding hydrogens is 791 g/mol. The Labute approximate surface area is 327 Å². The summed E-state index contributed by atoms with van der Waals surface area (Å²) in [6.45, 7) is 5.56. The molecule has 0 fully saturated rings. The van der Waals surface area contributed by atoms with E-state index in [-0.39, 0.29) is 35.3 Å². The highest BCUT2D eigenvalue weighted by molar-refractivity contribution is 7.98. The molecule has 2 heterocycles. The average Bonchev–Trinajstić information content (AvgIpc) is 3.72. The van der Waals surface area contributed by atoms with Crippen LogP contribution in [0.25, 0.3) is 5.69 Å². The molecule has 5 aromatic rings. The van der Waals surface area contributed by atoms with Crippen molar-refractivity contribution in [1.82, 2.24) is 18.4 Å². The monoisotopic (exact) mass is 827 g/mol. The minimum atomic E-state index is -4.47. The Morgan fingerprint density at radius 2 is 1.81 bits per heavy atom. The molecule has 0 saturated heterocycles. The van der Waals surface area contributed by atoms with Crippen molar-refractivity contribution in [2.75, 3.05) is 13.7 Å². The highest BCUT2D eigenvalue weighted by Crippen LogP contribution is 2.40. The van der Waals surface area contributed by atoms with E-state index in [1.165, 1.54) is 26.2 Å². The van der Waals surface area contributed by atoms with Crippen molar-refractivity contribution in [3.8, 4) is 11.4 Å². The first-order valence-corrected chi connectivity index (χ1v) is 19.3. The molecule has 17 heteroatoms. The Morgan fingerprint density at radius 1 is 1.11 bits per heavy atom. The topological polar surface area (TPSA) is 111 Å². The number of imidazole rings is 2. The molecule has 0 aliphatic carbocycles. The highest BCUT2D eigenvalue weighted by Gasteiger charge is 2.34. The largest absolute Gasteiger partial charge is 1.00 e. The number of ether oxygens (including phenoxy) is 1. The molecule has 0 unspecified atom stereocenters. The third-order valence-electron chi connectivity index (χ3n) is 8.80. The Balaban J connectivity index is 0.00000627. The van der Waals surface area contributed by atoms with Crippen LogP contribution < -0.4 is 21.7 Å². The maximum Gasteiger partial charge on any atom is 0.321 e. The molecule has 53 heavy (non-hydrogen) atoms. The third-order valence-corrected chi connectivity index (χ3v) is 12.4. The summed E-state index contributed by atoms with van der Waals surface area (Å²) in [6, 6.07) is 11.9. The van der Waals surface area contributed by atoms with Crippen molar-refractivity contribution >= 4 is 51.0 Å². The molecule has 2 aromatic heterocycles. The number of thioether (sulfide) groups is 1. The van der Waals surface area contributed by atoms with Gasteiger partial charge in [-0.25, -0.2) is 31.3 Å². The van der Waals surface area contributed by atoms with Gasteiger partial charge in [-0.2, -0.15) is 4.31 Å². The summed E-state index contributed by atoms with van der Waals surface area (Å²) in [6.07, 6.45) is 7.46. The van der Waals surface area contributed by atoms with Crippen LogP contribution in [0.2, 0.25) is 10.0 Å². The number of nitrogens with zero attached hydrogens (tertiary/aromatic N) is 5. The smallest absolute Gasteiger partial charge is 0.321 e. The number of halogens is 5. The van der Waals surface area contributed by atoms with Gasteiger partial charge in [0.05, 0.1) is 42.5 Å². The summed E-state index contributed by atoms with van der Waals surface area (Å²) in [5.74, 6) is -2.19. The van der Waals surface area contributed by atoms with Crippen LogP contribution in [0, 0.1) is 11.6 Å². The van der Waals surface area contributed by atoms with Gasteiger partial charge in [-0.15, -0.1) is 0 Å². The van der Waals surface area contributed by atoms with Crippen molar-refractivity contribution in [3.63, 3.8) is 0 Å². The first-order chi connectivity index (χ1) is 24.5. The van der Waals surface area contributed by atoms with Gasteiger partial charge in [0.25, 0.3) is 0 Å². The van der Waals surface area contributed by atoms with Crippen LogP contribution in [0.1, 0.15) is 44.0 Å². The van der Waals surface area contributed by atoms with Crippen LogP contribution >= 0.6 is 35.0 Å². The fourth-order valence-electron chi connectivity index (χ4n) is 5.74. The Morgan fingerprint density at radius 3 is 2.42 bits per heavy atom. The molecule has 0 radical (unpaired) electrons. The first-order valence-electron chi connectivity index (χ1n) is 16.1. The number of methoxy groups -OCH3 is 1. The van der Waals surface area contributed by atoms with E-state index in [1.54, 1.807) is 24.4 Å². The van der Waals surface area contributed by atoms with Gasteiger partial charge in [-0.1, -0.05) is 54.9 Å². The zero-order valence-corrected chi connectivity index (χ0v) is 33.3. The number of carbonyl (C=O) groups is 1.